The second-order valence-corrected chi connectivity index (χ2v) is 3.53. The van der Waals surface area contributed by atoms with Gasteiger partial charge in [-0.25, -0.2) is 0 Å². The van der Waals surface area contributed by atoms with Crippen molar-refractivity contribution in [3.8, 4) is 0 Å². The van der Waals surface area contributed by atoms with E-state index in [9.17, 15) is 0 Å². The number of methoxy groups -OCH3 is 1. The summed E-state index contributed by atoms with van der Waals surface area (Å²) in [5.41, 5.74) is 0. The molecule has 2 nitrogen and oxygen atoms in total. The van der Waals surface area contributed by atoms with Gasteiger partial charge < -0.3 is 9.47 Å². The molecular formula is C10H20O2. The van der Waals surface area contributed by atoms with Gasteiger partial charge in [-0.1, -0.05) is 13.8 Å². The third-order valence-corrected chi connectivity index (χ3v) is 2.68. The quantitative estimate of drug-likeness (QED) is 0.634. The summed E-state index contributed by atoms with van der Waals surface area (Å²) in [6, 6.07) is 0. The van der Waals surface area contributed by atoms with E-state index in [4.69, 9.17) is 9.47 Å². The second kappa shape index (κ2) is 4.83. The van der Waals surface area contributed by atoms with Crippen molar-refractivity contribution in [1.29, 1.82) is 0 Å². The standard InChI is InChI=1S/C10H20O2/c1-4-8(5-2)12-10-6-9(7-10)11-3/h8-10H,4-7H2,1-3H3. The molecule has 12 heavy (non-hydrogen) atoms. The van der Waals surface area contributed by atoms with Gasteiger partial charge in [-0.05, 0) is 25.7 Å². The first kappa shape index (κ1) is 10.0. The molecule has 0 unspecified atom stereocenters. The Morgan fingerprint density at radius 2 is 1.75 bits per heavy atom. The Bertz CT molecular complexity index is 115. The van der Waals surface area contributed by atoms with Crippen molar-refractivity contribution >= 4 is 0 Å². The Morgan fingerprint density at radius 1 is 1.17 bits per heavy atom. The predicted octanol–water partition coefficient (Wildman–Crippen LogP) is 2.37. The maximum atomic E-state index is 5.84. The fourth-order valence-corrected chi connectivity index (χ4v) is 1.57. The van der Waals surface area contributed by atoms with Crippen LogP contribution in [-0.2, 0) is 9.47 Å². The van der Waals surface area contributed by atoms with Crippen LogP contribution in [0.25, 0.3) is 0 Å². The van der Waals surface area contributed by atoms with Crippen molar-refractivity contribution < 1.29 is 9.47 Å². The average Bonchev–Trinajstić information content (AvgIpc) is 2.03. The van der Waals surface area contributed by atoms with E-state index >= 15 is 0 Å². The summed E-state index contributed by atoms with van der Waals surface area (Å²) in [7, 11) is 1.78. The van der Waals surface area contributed by atoms with E-state index in [0.717, 1.165) is 25.7 Å². The summed E-state index contributed by atoms with van der Waals surface area (Å²) in [6.07, 6.45) is 5.84. The largest absolute Gasteiger partial charge is 0.381 e. The lowest BCUT2D eigenvalue weighted by atomic mass is 9.91. The molecule has 0 bridgehead atoms. The lowest BCUT2D eigenvalue weighted by Gasteiger charge is -2.36. The highest BCUT2D eigenvalue weighted by molar-refractivity contribution is 4.81. The van der Waals surface area contributed by atoms with Crippen molar-refractivity contribution in [2.75, 3.05) is 7.11 Å². The predicted molar refractivity (Wildman–Crippen MR) is 49.3 cm³/mol. The first-order valence-electron chi connectivity index (χ1n) is 4.98. The zero-order chi connectivity index (χ0) is 8.97. The molecule has 1 aliphatic rings. The van der Waals surface area contributed by atoms with Crippen molar-refractivity contribution in [3.05, 3.63) is 0 Å². The number of hydrogen-bond donors (Lipinski definition) is 0. The second-order valence-electron chi connectivity index (χ2n) is 3.53. The van der Waals surface area contributed by atoms with Crippen LogP contribution in [0.2, 0.25) is 0 Å². The zero-order valence-electron chi connectivity index (χ0n) is 8.38. The SMILES string of the molecule is CCC(CC)OC1CC(OC)C1. The highest BCUT2D eigenvalue weighted by Crippen LogP contribution is 2.27. The molecule has 0 saturated heterocycles. The molecule has 0 radical (unpaired) electrons. The third kappa shape index (κ3) is 2.46. The van der Waals surface area contributed by atoms with Gasteiger partial charge in [0, 0.05) is 7.11 Å². The monoisotopic (exact) mass is 172 g/mol. The van der Waals surface area contributed by atoms with E-state index in [-0.39, 0.29) is 0 Å². The molecule has 0 N–H and O–H groups in total. The summed E-state index contributed by atoms with van der Waals surface area (Å²) in [5, 5.41) is 0. The summed E-state index contributed by atoms with van der Waals surface area (Å²) < 4.78 is 11.0. The van der Waals surface area contributed by atoms with Crippen LogP contribution in [0.3, 0.4) is 0 Å². The van der Waals surface area contributed by atoms with Crippen molar-refractivity contribution in [3.63, 3.8) is 0 Å². The van der Waals surface area contributed by atoms with Crippen molar-refractivity contribution in [2.24, 2.45) is 0 Å². The molecule has 0 aromatic heterocycles. The van der Waals surface area contributed by atoms with E-state index in [1.54, 1.807) is 7.11 Å². The molecule has 0 aromatic carbocycles. The molecule has 0 aromatic rings. The average molecular weight is 172 g/mol. The maximum absolute atomic E-state index is 5.84. The van der Waals surface area contributed by atoms with Gasteiger partial charge in [0.15, 0.2) is 0 Å². The van der Waals surface area contributed by atoms with E-state index in [1.807, 2.05) is 0 Å². The minimum atomic E-state index is 0.462. The van der Waals surface area contributed by atoms with Crippen LogP contribution in [0.15, 0.2) is 0 Å². The van der Waals surface area contributed by atoms with E-state index in [2.05, 4.69) is 13.8 Å². The van der Waals surface area contributed by atoms with Gasteiger partial charge in [0.2, 0.25) is 0 Å². The molecule has 1 saturated carbocycles. The minimum Gasteiger partial charge on any atom is -0.381 e. The van der Waals surface area contributed by atoms with Gasteiger partial charge in [-0.2, -0.15) is 0 Å². The van der Waals surface area contributed by atoms with Gasteiger partial charge in [0.05, 0.1) is 18.3 Å². The number of ether oxygens (including phenoxy) is 2. The molecular weight excluding hydrogens is 152 g/mol. The molecule has 2 heteroatoms. The Balaban J connectivity index is 2.09. The molecule has 1 rings (SSSR count). The summed E-state index contributed by atoms with van der Waals surface area (Å²) in [6.45, 7) is 4.36. The molecule has 1 aliphatic carbocycles. The van der Waals surface area contributed by atoms with Crippen molar-refractivity contribution in [2.45, 2.75) is 57.8 Å². The molecule has 0 spiro atoms. The summed E-state index contributed by atoms with van der Waals surface area (Å²) >= 11 is 0. The summed E-state index contributed by atoms with van der Waals surface area (Å²) in [4.78, 5) is 0. The topological polar surface area (TPSA) is 18.5 Å². The lowest BCUT2D eigenvalue weighted by Crippen LogP contribution is -2.39. The van der Waals surface area contributed by atoms with Crippen LogP contribution in [-0.4, -0.2) is 25.4 Å². The Morgan fingerprint density at radius 3 is 2.17 bits per heavy atom. The van der Waals surface area contributed by atoms with Gasteiger partial charge >= 0.3 is 0 Å². The first-order chi connectivity index (χ1) is 5.80. The fourth-order valence-electron chi connectivity index (χ4n) is 1.57. The molecule has 1 fully saturated rings. The van der Waals surface area contributed by atoms with Crippen LogP contribution in [0, 0.1) is 0 Å². The van der Waals surface area contributed by atoms with E-state index < -0.39 is 0 Å². The number of hydrogen-bond acceptors (Lipinski definition) is 2. The van der Waals surface area contributed by atoms with E-state index in [1.165, 1.54) is 0 Å². The smallest absolute Gasteiger partial charge is 0.0628 e. The van der Waals surface area contributed by atoms with Crippen LogP contribution in [0.1, 0.15) is 39.5 Å². The molecule has 72 valence electrons. The Kier molecular flexibility index (Phi) is 4.02. The fraction of sp³-hybridized carbons (Fsp3) is 1.00. The van der Waals surface area contributed by atoms with Gasteiger partial charge in [-0.15, -0.1) is 0 Å². The molecule has 0 heterocycles. The zero-order valence-corrected chi connectivity index (χ0v) is 8.38. The Hall–Kier alpha value is -0.0800. The lowest BCUT2D eigenvalue weighted by molar-refractivity contribution is -0.116. The highest BCUT2D eigenvalue weighted by Gasteiger charge is 2.30. The molecule has 0 amide bonds. The van der Waals surface area contributed by atoms with Crippen LogP contribution >= 0.6 is 0 Å². The van der Waals surface area contributed by atoms with Crippen LogP contribution in [0.4, 0.5) is 0 Å². The third-order valence-electron chi connectivity index (χ3n) is 2.68. The van der Waals surface area contributed by atoms with Crippen molar-refractivity contribution in [1.82, 2.24) is 0 Å². The summed E-state index contributed by atoms with van der Waals surface area (Å²) in [5.74, 6) is 0. The highest BCUT2D eigenvalue weighted by atomic mass is 16.5. The van der Waals surface area contributed by atoms with Gasteiger partial charge in [0.25, 0.3) is 0 Å². The molecule has 0 atom stereocenters. The van der Waals surface area contributed by atoms with Gasteiger partial charge in [-0.3, -0.25) is 0 Å². The van der Waals surface area contributed by atoms with Gasteiger partial charge in [0.1, 0.15) is 0 Å². The minimum absolute atomic E-state index is 0.462. The number of rotatable bonds is 5. The maximum Gasteiger partial charge on any atom is 0.0628 e. The molecule has 0 aliphatic heterocycles. The van der Waals surface area contributed by atoms with Crippen LogP contribution < -0.4 is 0 Å². The normalized spacial score (nSPS) is 29.0. The van der Waals surface area contributed by atoms with E-state index in [0.29, 0.717) is 18.3 Å². The first-order valence-corrected chi connectivity index (χ1v) is 4.98. The van der Waals surface area contributed by atoms with Crippen LogP contribution in [0.5, 0.6) is 0 Å². The Labute approximate surface area is 75.2 Å².